The second-order valence-corrected chi connectivity index (χ2v) is 5.38. The molecule has 0 aromatic heterocycles. The minimum absolute atomic E-state index is 0.269. The van der Waals surface area contributed by atoms with Gasteiger partial charge in [-0.05, 0) is 35.9 Å². The Morgan fingerprint density at radius 1 is 1.21 bits per heavy atom. The van der Waals surface area contributed by atoms with Gasteiger partial charge in [0.1, 0.15) is 12.3 Å². The van der Waals surface area contributed by atoms with E-state index in [1.807, 2.05) is 0 Å². The standard InChI is InChI=1S/C15H13Cl2N3O4/c16-10-2-3-12(18-8-15(21)22)14(6-10)24-13-4-1-9(5-11(13)17)7-19-20-23/h1-7,18,20,23H,8H2,(H,21,22). The van der Waals surface area contributed by atoms with Crippen molar-refractivity contribution in [1.29, 1.82) is 0 Å². The maximum absolute atomic E-state index is 10.7. The summed E-state index contributed by atoms with van der Waals surface area (Å²) >= 11 is 12.1. The van der Waals surface area contributed by atoms with Gasteiger partial charge in [0.05, 0.1) is 16.9 Å². The number of ether oxygens (including phenoxy) is 1. The number of carboxylic acid groups (broad SMARTS) is 1. The van der Waals surface area contributed by atoms with Crippen LogP contribution in [-0.2, 0) is 4.79 Å². The predicted molar refractivity (Wildman–Crippen MR) is 91.6 cm³/mol. The fourth-order valence-corrected chi connectivity index (χ4v) is 2.19. The second-order valence-electron chi connectivity index (χ2n) is 4.54. The molecule has 0 saturated heterocycles. The van der Waals surface area contributed by atoms with E-state index in [0.29, 0.717) is 32.8 Å². The molecular weight excluding hydrogens is 357 g/mol. The number of carboxylic acids is 1. The molecule has 0 unspecified atom stereocenters. The van der Waals surface area contributed by atoms with Gasteiger partial charge in [-0.3, -0.25) is 10.0 Å². The molecule has 2 aromatic rings. The molecule has 0 aliphatic rings. The molecule has 2 aromatic carbocycles. The van der Waals surface area contributed by atoms with E-state index in [2.05, 4.69) is 10.4 Å². The van der Waals surface area contributed by atoms with Crippen molar-refractivity contribution in [2.45, 2.75) is 0 Å². The maximum Gasteiger partial charge on any atom is 0.322 e. The lowest BCUT2D eigenvalue weighted by molar-refractivity contribution is -0.134. The van der Waals surface area contributed by atoms with Gasteiger partial charge in [0.15, 0.2) is 5.75 Å². The SMILES string of the molecule is O=C(O)CNc1ccc(Cl)cc1Oc1ccc(C=NNO)cc1Cl. The van der Waals surface area contributed by atoms with E-state index in [-0.39, 0.29) is 6.54 Å². The maximum atomic E-state index is 10.7. The fourth-order valence-electron chi connectivity index (χ4n) is 1.80. The first-order valence-electron chi connectivity index (χ1n) is 6.64. The molecule has 126 valence electrons. The van der Waals surface area contributed by atoms with Gasteiger partial charge >= 0.3 is 5.97 Å². The Balaban J connectivity index is 2.25. The minimum Gasteiger partial charge on any atom is -0.480 e. The van der Waals surface area contributed by atoms with E-state index in [1.54, 1.807) is 42.0 Å². The number of hydrogen-bond donors (Lipinski definition) is 4. The highest BCUT2D eigenvalue weighted by Crippen LogP contribution is 2.35. The average Bonchev–Trinajstić information content (AvgIpc) is 2.54. The molecule has 0 aliphatic heterocycles. The first kappa shape index (κ1) is 17.9. The fraction of sp³-hybridized carbons (Fsp3) is 0.0667. The Hall–Kier alpha value is -2.48. The molecule has 0 saturated carbocycles. The smallest absolute Gasteiger partial charge is 0.322 e. The molecular formula is C15H13Cl2N3O4. The van der Waals surface area contributed by atoms with E-state index in [0.717, 1.165) is 0 Å². The monoisotopic (exact) mass is 369 g/mol. The molecule has 0 amide bonds. The summed E-state index contributed by atoms with van der Waals surface area (Å²) in [6, 6.07) is 9.66. The van der Waals surface area contributed by atoms with Crippen LogP contribution >= 0.6 is 23.2 Å². The largest absolute Gasteiger partial charge is 0.480 e. The molecule has 0 radical (unpaired) electrons. The first-order chi connectivity index (χ1) is 11.5. The van der Waals surface area contributed by atoms with Crippen molar-refractivity contribution in [2.75, 3.05) is 11.9 Å². The third kappa shape index (κ3) is 5.02. The normalized spacial score (nSPS) is 10.6. The number of hydrogen-bond acceptors (Lipinski definition) is 6. The van der Waals surface area contributed by atoms with Gasteiger partial charge in [0, 0.05) is 11.1 Å². The molecule has 0 spiro atoms. The zero-order chi connectivity index (χ0) is 17.5. The molecule has 0 atom stereocenters. The molecule has 7 nitrogen and oxygen atoms in total. The topological polar surface area (TPSA) is 103 Å². The zero-order valence-corrected chi connectivity index (χ0v) is 13.7. The van der Waals surface area contributed by atoms with Gasteiger partial charge in [-0.25, -0.2) is 0 Å². The van der Waals surface area contributed by atoms with Crippen LogP contribution in [0.4, 0.5) is 5.69 Å². The van der Waals surface area contributed by atoms with Gasteiger partial charge in [-0.1, -0.05) is 23.2 Å². The highest BCUT2D eigenvalue weighted by molar-refractivity contribution is 6.32. The van der Waals surface area contributed by atoms with Crippen LogP contribution in [0.3, 0.4) is 0 Å². The molecule has 2 rings (SSSR count). The van der Waals surface area contributed by atoms with Crippen LogP contribution in [0.5, 0.6) is 11.5 Å². The molecule has 0 heterocycles. The number of aliphatic carboxylic acids is 1. The van der Waals surface area contributed by atoms with Crippen LogP contribution in [0, 0.1) is 0 Å². The molecule has 24 heavy (non-hydrogen) atoms. The Bertz CT molecular complexity index is 768. The lowest BCUT2D eigenvalue weighted by atomic mass is 10.2. The van der Waals surface area contributed by atoms with Gasteiger partial charge < -0.3 is 15.2 Å². The number of carbonyl (C=O) groups is 1. The highest BCUT2D eigenvalue weighted by atomic mass is 35.5. The van der Waals surface area contributed by atoms with Gasteiger partial charge in [-0.2, -0.15) is 10.7 Å². The van der Waals surface area contributed by atoms with Crippen LogP contribution in [0.2, 0.25) is 10.0 Å². The Labute approximate surface area is 147 Å². The highest BCUT2D eigenvalue weighted by Gasteiger charge is 2.10. The number of rotatable bonds is 7. The van der Waals surface area contributed by atoms with Crippen molar-refractivity contribution >= 4 is 41.1 Å². The van der Waals surface area contributed by atoms with Gasteiger partial charge in [0.25, 0.3) is 0 Å². The number of anilines is 1. The molecule has 4 N–H and O–H groups in total. The van der Waals surface area contributed by atoms with Crippen LogP contribution in [0.15, 0.2) is 41.5 Å². The Morgan fingerprint density at radius 3 is 2.67 bits per heavy atom. The minimum atomic E-state index is -1.00. The Morgan fingerprint density at radius 2 is 2.00 bits per heavy atom. The summed E-state index contributed by atoms with van der Waals surface area (Å²) in [7, 11) is 0. The van der Waals surface area contributed by atoms with Crippen LogP contribution in [-0.4, -0.2) is 29.0 Å². The lowest BCUT2D eigenvalue weighted by Crippen LogP contribution is -2.12. The molecule has 0 aliphatic carbocycles. The van der Waals surface area contributed by atoms with Crippen molar-refractivity contribution in [1.82, 2.24) is 5.59 Å². The van der Waals surface area contributed by atoms with Crippen LogP contribution < -0.4 is 15.6 Å². The molecule has 9 heteroatoms. The van der Waals surface area contributed by atoms with E-state index in [9.17, 15) is 4.79 Å². The van der Waals surface area contributed by atoms with Crippen LogP contribution in [0.25, 0.3) is 0 Å². The van der Waals surface area contributed by atoms with E-state index in [1.165, 1.54) is 6.21 Å². The predicted octanol–water partition coefficient (Wildman–Crippen LogP) is 3.59. The third-order valence-corrected chi connectivity index (χ3v) is 3.35. The summed E-state index contributed by atoms with van der Waals surface area (Å²) in [4.78, 5) is 10.7. The zero-order valence-electron chi connectivity index (χ0n) is 12.2. The summed E-state index contributed by atoms with van der Waals surface area (Å²) in [6.45, 7) is -0.269. The van der Waals surface area contributed by atoms with Crippen molar-refractivity contribution in [3.8, 4) is 11.5 Å². The van der Waals surface area contributed by atoms with E-state index in [4.69, 9.17) is 38.3 Å². The second kappa shape index (κ2) is 8.39. The number of nitrogens with zero attached hydrogens (tertiary/aromatic N) is 1. The summed E-state index contributed by atoms with van der Waals surface area (Å²) in [5.74, 6) is -0.314. The van der Waals surface area contributed by atoms with Crippen molar-refractivity contribution < 1.29 is 19.8 Å². The van der Waals surface area contributed by atoms with E-state index < -0.39 is 5.97 Å². The van der Waals surface area contributed by atoms with Crippen molar-refractivity contribution in [2.24, 2.45) is 5.10 Å². The summed E-state index contributed by atoms with van der Waals surface area (Å²) in [5, 5.41) is 24.1. The number of nitrogens with one attached hydrogen (secondary N) is 2. The molecule has 0 fully saturated rings. The van der Waals surface area contributed by atoms with Gasteiger partial charge in [-0.15, -0.1) is 0 Å². The van der Waals surface area contributed by atoms with E-state index >= 15 is 0 Å². The summed E-state index contributed by atoms with van der Waals surface area (Å²) in [6.07, 6.45) is 1.37. The summed E-state index contributed by atoms with van der Waals surface area (Å²) < 4.78 is 5.73. The number of halogens is 2. The van der Waals surface area contributed by atoms with Gasteiger partial charge in [0.2, 0.25) is 0 Å². The van der Waals surface area contributed by atoms with Crippen molar-refractivity contribution in [3.63, 3.8) is 0 Å². The van der Waals surface area contributed by atoms with Crippen molar-refractivity contribution in [3.05, 3.63) is 52.0 Å². The van der Waals surface area contributed by atoms with Crippen LogP contribution in [0.1, 0.15) is 5.56 Å². The Kier molecular flexibility index (Phi) is 6.25. The first-order valence-corrected chi connectivity index (χ1v) is 7.40. The number of benzene rings is 2. The average molecular weight is 370 g/mol. The lowest BCUT2D eigenvalue weighted by Gasteiger charge is -2.13. The summed E-state index contributed by atoms with van der Waals surface area (Å²) in [5.41, 5.74) is 2.76. The number of hydrazone groups is 1. The molecule has 0 bridgehead atoms. The third-order valence-electron chi connectivity index (χ3n) is 2.82. The quantitative estimate of drug-likeness (QED) is 0.439.